The number of hydrogen-bond acceptors (Lipinski definition) is 5. The molecule has 11 aromatic rings. The summed E-state index contributed by atoms with van der Waals surface area (Å²) in [6.07, 6.45) is -4.74. The van der Waals surface area contributed by atoms with Crippen molar-refractivity contribution in [1.29, 1.82) is 10.5 Å². The third-order valence-electron chi connectivity index (χ3n) is 12.1. The molecule has 0 radical (unpaired) electrons. The van der Waals surface area contributed by atoms with Gasteiger partial charge in [0.05, 0.1) is 75.4 Å². The second-order valence-corrected chi connectivity index (χ2v) is 16.0. The lowest BCUT2D eigenvalue weighted by Gasteiger charge is -2.21. The SMILES string of the molecule is [C-]#[N+]c1ccc2c(c1)c1cc([N+]#[C-])ccc1n2-c1ccc(-c2nc(-c3ccccc3)nc(-c3ccccc3)n2)cc1-c1ccc(C(F)(F)F)cc1-n1c2ccc(C#N)cc2c2cc(C#N)ccc21. The van der Waals surface area contributed by atoms with E-state index in [-0.39, 0.29) is 5.69 Å². The van der Waals surface area contributed by atoms with Crippen molar-refractivity contribution in [2.75, 3.05) is 0 Å². The molecule has 0 bridgehead atoms. The molecule has 9 nitrogen and oxygen atoms in total. The van der Waals surface area contributed by atoms with Crippen LogP contribution in [0.25, 0.3) is 110 Å². The molecule has 12 heteroatoms. The second-order valence-electron chi connectivity index (χ2n) is 16.0. The van der Waals surface area contributed by atoms with E-state index in [1.165, 1.54) is 6.07 Å². The summed E-state index contributed by atoms with van der Waals surface area (Å²) >= 11 is 0. The first-order valence-corrected chi connectivity index (χ1v) is 21.1. The molecule has 0 atom stereocenters. The molecule has 0 aliphatic heterocycles. The Morgan fingerprint density at radius 2 is 0.897 bits per heavy atom. The van der Waals surface area contributed by atoms with Gasteiger partial charge in [-0.05, 0) is 102 Å². The number of nitriles is 2. The summed E-state index contributed by atoms with van der Waals surface area (Å²) in [6.45, 7) is 15.6. The molecule has 11 rings (SSSR count). The Hall–Kier alpha value is -9.88. The number of fused-ring (bicyclic) bond motifs is 6. The first kappa shape index (κ1) is 40.9. The number of rotatable bonds is 6. The lowest BCUT2D eigenvalue weighted by Crippen LogP contribution is -2.08. The van der Waals surface area contributed by atoms with Crippen LogP contribution in [0.4, 0.5) is 24.5 Å². The molecule has 3 heterocycles. The fourth-order valence-corrected chi connectivity index (χ4v) is 8.96. The second kappa shape index (κ2) is 16.0. The summed E-state index contributed by atoms with van der Waals surface area (Å²) < 4.78 is 48.8. The molecule has 318 valence electrons. The van der Waals surface area contributed by atoms with Crippen LogP contribution in [0.5, 0.6) is 0 Å². The van der Waals surface area contributed by atoms with E-state index in [1.807, 2.05) is 95.6 Å². The lowest BCUT2D eigenvalue weighted by molar-refractivity contribution is -0.137. The summed E-state index contributed by atoms with van der Waals surface area (Å²) in [4.78, 5) is 22.3. The fourth-order valence-electron chi connectivity index (χ4n) is 8.96. The molecule has 0 unspecified atom stereocenters. The van der Waals surface area contributed by atoms with Crippen LogP contribution in [0.15, 0.2) is 170 Å². The van der Waals surface area contributed by atoms with E-state index < -0.39 is 11.7 Å². The van der Waals surface area contributed by atoms with E-state index >= 15 is 13.2 Å². The Morgan fingerprint density at radius 1 is 0.441 bits per heavy atom. The standard InChI is InChI=1S/C56H28F3N9/c1-62-39-17-23-50-45(29-39)46-30-40(63-2)18-24-51(46)67(50)49-22-15-37(55-65-53(35-9-5-3-6-10-35)64-54(66-55)36-11-7-4-8-12-36)27-44(49)41-19-16-38(56(57,58)59)28-52(41)68-47-20-13-33(31-60)25-42(47)43-26-34(32-61)14-21-48(43)68/h3-30H. The Kier molecular flexibility index (Phi) is 9.60. The van der Waals surface area contributed by atoms with Gasteiger partial charge in [-0.25, -0.2) is 24.6 Å². The lowest BCUT2D eigenvalue weighted by atomic mass is 9.96. The van der Waals surface area contributed by atoms with Gasteiger partial charge in [0.25, 0.3) is 0 Å². The van der Waals surface area contributed by atoms with Crippen molar-refractivity contribution in [3.8, 4) is 68.8 Å². The molecule has 0 amide bonds. The predicted molar refractivity (Wildman–Crippen MR) is 257 cm³/mol. The smallest absolute Gasteiger partial charge is 0.309 e. The van der Waals surface area contributed by atoms with Crippen LogP contribution in [0.3, 0.4) is 0 Å². The van der Waals surface area contributed by atoms with Gasteiger partial charge >= 0.3 is 6.18 Å². The van der Waals surface area contributed by atoms with Crippen molar-refractivity contribution >= 4 is 55.0 Å². The number of aromatic nitrogens is 5. The van der Waals surface area contributed by atoms with E-state index in [0.717, 1.165) is 23.3 Å². The van der Waals surface area contributed by atoms with Gasteiger partial charge in [0, 0.05) is 38.6 Å². The average Bonchev–Trinajstić information content (AvgIpc) is 3.89. The van der Waals surface area contributed by atoms with Gasteiger partial charge in [-0.2, -0.15) is 23.7 Å². The highest BCUT2D eigenvalue weighted by Gasteiger charge is 2.33. The van der Waals surface area contributed by atoms with Gasteiger partial charge < -0.3 is 9.13 Å². The van der Waals surface area contributed by atoms with Crippen molar-refractivity contribution in [3.63, 3.8) is 0 Å². The molecule has 0 saturated heterocycles. The van der Waals surface area contributed by atoms with Gasteiger partial charge in [0.2, 0.25) is 0 Å². The van der Waals surface area contributed by atoms with Crippen LogP contribution < -0.4 is 0 Å². The van der Waals surface area contributed by atoms with Crippen LogP contribution >= 0.6 is 0 Å². The summed E-state index contributed by atoms with van der Waals surface area (Å²) in [7, 11) is 0. The molecule has 68 heavy (non-hydrogen) atoms. The monoisotopic (exact) mass is 883 g/mol. The van der Waals surface area contributed by atoms with Gasteiger partial charge in [-0.15, -0.1) is 0 Å². The van der Waals surface area contributed by atoms with E-state index in [1.54, 1.807) is 65.2 Å². The molecule has 0 N–H and O–H groups in total. The Bertz CT molecular complexity index is 3870. The Morgan fingerprint density at radius 3 is 1.37 bits per heavy atom. The zero-order chi connectivity index (χ0) is 46.7. The number of benzene rings is 8. The van der Waals surface area contributed by atoms with Crippen molar-refractivity contribution in [1.82, 2.24) is 24.1 Å². The summed E-state index contributed by atoms with van der Waals surface area (Å²) in [6, 6.07) is 53.3. The van der Waals surface area contributed by atoms with Gasteiger partial charge in [0.15, 0.2) is 28.8 Å². The highest BCUT2D eigenvalue weighted by molar-refractivity contribution is 6.13. The minimum atomic E-state index is -4.74. The third-order valence-corrected chi connectivity index (χ3v) is 12.1. The minimum Gasteiger partial charge on any atom is -0.309 e. The Balaban J connectivity index is 1.28. The third kappa shape index (κ3) is 6.82. The number of hydrogen-bond donors (Lipinski definition) is 0. The number of nitrogens with zero attached hydrogens (tertiary/aromatic N) is 9. The molecular formula is C56H28F3N9. The molecule has 0 fully saturated rings. The zero-order valence-corrected chi connectivity index (χ0v) is 35.3. The first-order chi connectivity index (χ1) is 33.1. The topological polar surface area (TPSA) is 105 Å². The van der Waals surface area contributed by atoms with Crippen molar-refractivity contribution in [2.24, 2.45) is 0 Å². The van der Waals surface area contributed by atoms with Crippen LogP contribution in [0.2, 0.25) is 0 Å². The van der Waals surface area contributed by atoms with Crippen molar-refractivity contribution in [2.45, 2.75) is 6.18 Å². The summed E-state index contributed by atoms with van der Waals surface area (Å²) in [5.41, 5.74) is 6.68. The van der Waals surface area contributed by atoms with Gasteiger partial charge in [-0.1, -0.05) is 78.9 Å². The molecule has 0 aliphatic carbocycles. The van der Waals surface area contributed by atoms with Crippen LogP contribution in [0, 0.1) is 35.8 Å². The van der Waals surface area contributed by atoms with E-state index in [4.69, 9.17) is 28.1 Å². The average molecular weight is 884 g/mol. The zero-order valence-electron chi connectivity index (χ0n) is 35.3. The summed E-state index contributed by atoms with van der Waals surface area (Å²) in [5, 5.41) is 22.5. The normalized spacial score (nSPS) is 11.4. The number of alkyl halides is 3. The Labute approximate surface area is 385 Å². The summed E-state index contributed by atoms with van der Waals surface area (Å²) in [5.74, 6) is 1.15. The van der Waals surface area contributed by atoms with Crippen molar-refractivity contribution in [3.05, 3.63) is 209 Å². The minimum absolute atomic E-state index is 0.171. The molecule has 8 aromatic carbocycles. The van der Waals surface area contributed by atoms with Gasteiger partial charge in [0.1, 0.15) is 0 Å². The van der Waals surface area contributed by atoms with E-state index in [2.05, 4.69) is 21.8 Å². The molecule has 0 aliphatic rings. The number of halogens is 3. The maximum absolute atomic E-state index is 15.0. The van der Waals surface area contributed by atoms with E-state index in [9.17, 15) is 10.5 Å². The maximum Gasteiger partial charge on any atom is 0.416 e. The molecular weight excluding hydrogens is 856 g/mol. The highest BCUT2D eigenvalue weighted by atomic mass is 19.4. The molecule has 0 spiro atoms. The largest absolute Gasteiger partial charge is 0.416 e. The highest BCUT2D eigenvalue weighted by Crippen LogP contribution is 2.45. The predicted octanol–water partition coefficient (Wildman–Crippen LogP) is 14.6. The van der Waals surface area contributed by atoms with Crippen molar-refractivity contribution < 1.29 is 13.2 Å². The molecule has 3 aromatic heterocycles. The quantitative estimate of drug-likeness (QED) is 0.155. The van der Waals surface area contributed by atoms with E-state index in [0.29, 0.717) is 106 Å². The molecule has 0 saturated carbocycles. The van der Waals surface area contributed by atoms with Crippen LogP contribution in [-0.2, 0) is 6.18 Å². The maximum atomic E-state index is 15.0. The van der Waals surface area contributed by atoms with Crippen LogP contribution in [-0.4, -0.2) is 24.1 Å². The fraction of sp³-hybridized carbons (Fsp3) is 0.0179. The van der Waals surface area contributed by atoms with Gasteiger partial charge in [-0.3, -0.25) is 0 Å². The van der Waals surface area contributed by atoms with Crippen LogP contribution in [0.1, 0.15) is 16.7 Å². The first-order valence-electron chi connectivity index (χ1n) is 21.1.